The summed E-state index contributed by atoms with van der Waals surface area (Å²) in [5, 5.41) is 0. The fourth-order valence-electron chi connectivity index (χ4n) is 2.78. The van der Waals surface area contributed by atoms with Gasteiger partial charge in [0.2, 0.25) is 0 Å². The SMILES string of the molecule is CCCCCCCC[C@@H]1C[C@@H](C)CCC1=O. The van der Waals surface area contributed by atoms with Crippen molar-refractivity contribution in [1.82, 2.24) is 0 Å². The van der Waals surface area contributed by atoms with E-state index in [1.807, 2.05) is 0 Å². The van der Waals surface area contributed by atoms with Crippen molar-refractivity contribution in [3.8, 4) is 0 Å². The first-order valence-corrected chi connectivity index (χ1v) is 7.26. The lowest BCUT2D eigenvalue weighted by Gasteiger charge is -2.25. The highest BCUT2D eigenvalue weighted by molar-refractivity contribution is 5.81. The van der Waals surface area contributed by atoms with E-state index in [2.05, 4.69) is 13.8 Å². The van der Waals surface area contributed by atoms with Crippen LogP contribution in [0.1, 0.15) is 78.1 Å². The molecule has 0 bridgehead atoms. The zero-order valence-corrected chi connectivity index (χ0v) is 11.1. The number of hydrogen-bond donors (Lipinski definition) is 0. The van der Waals surface area contributed by atoms with E-state index in [0.717, 1.165) is 31.6 Å². The molecule has 0 aliphatic heterocycles. The average Bonchev–Trinajstić information content (AvgIpc) is 2.28. The highest BCUT2D eigenvalue weighted by Crippen LogP contribution is 2.29. The minimum atomic E-state index is 0.412. The van der Waals surface area contributed by atoms with Crippen molar-refractivity contribution in [2.45, 2.75) is 78.1 Å². The molecular formula is C15H28O. The van der Waals surface area contributed by atoms with Gasteiger partial charge in [0.1, 0.15) is 5.78 Å². The summed E-state index contributed by atoms with van der Waals surface area (Å²) in [5.74, 6) is 1.74. The molecule has 1 saturated carbocycles. The number of rotatable bonds is 7. The molecule has 1 heteroatoms. The van der Waals surface area contributed by atoms with Gasteiger partial charge >= 0.3 is 0 Å². The maximum atomic E-state index is 11.7. The van der Waals surface area contributed by atoms with Crippen LogP contribution in [0.5, 0.6) is 0 Å². The largest absolute Gasteiger partial charge is 0.299 e. The normalized spacial score (nSPS) is 26.0. The quantitative estimate of drug-likeness (QED) is 0.571. The molecule has 16 heavy (non-hydrogen) atoms. The van der Waals surface area contributed by atoms with Crippen molar-refractivity contribution in [3.05, 3.63) is 0 Å². The smallest absolute Gasteiger partial charge is 0.135 e. The third-order valence-corrected chi connectivity index (χ3v) is 3.93. The van der Waals surface area contributed by atoms with Gasteiger partial charge in [0.15, 0.2) is 0 Å². The summed E-state index contributed by atoms with van der Waals surface area (Å²) in [4.78, 5) is 11.7. The molecule has 0 aromatic heterocycles. The first-order valence-electron chi connectivity index (χ1n) is 7.26. The van der Waals surface area contributed by atoms with E-state index < -0.39 is 0 Å². The van der Waals surface area contributed by atoms with Gasteiger partial charge in [-0.05, 0) is 25.2 Å². The maximum absolute atomic E-state index is 11.7. The Morgan fingerprint density at radius 3 is 2.56 bits per heavy atom. The van der Waals surface area contributed by atoms with E-state index in [0.29, 0.717) is 11.7 Å². The van der Waals surface area contributed by atoms with Gasteiger partial charge in [-0.25, -0.2) is 0 Å². The first kappa shape index (κ1) is 13.7. The van der Waals surface area contributed by atoms with Crippen LogP contribution in [-0.2, 0) is 4.79 Å². The molecule has 1 aliphatic rings. The Bertz CT molecular complexity index is 198. The zero-order valence-electron chi connectivity index (χ0n) is 11.1. The Morgan fingerprint density at radius 2 is 1.81 bits per heavy atom. The molecule has 94 valence electrons. The van der Waals surface area contributed by atoms with Gasteiger partial charge in [-0.1, -0.05) is 52.4 Å². The number of unbranched alkanes of at least 4 members (excludes halogenated alkanes) is 5. The lowest BCUT2D eigenvalue weighted by Crippen LogP contribution is -2.23. The first-order chi connectivity index (χ1) is 7.74. The molecule has 0 unspecified atom stereocenters. The molecule has 0 N–H and O–H groups in total. The van der Waals surface area contributed by atoms with Crippen LogP contribution in [0.4, 0.5) is 0 Å². The topological polar surface area (TPSA) is 17.1 Å². The number of ketones is 1. The van der Waals surface area contributed by atoms with Gasteiger partial charge < -0.3 is 0 Å². The van der Waals surface area contributed by atoms with Crippen molar-refractivity contribution >= 4 is 5.78 Å². The van der Waals surface area contributed by atoms with Crippen LogP contribution in [0.25, 0.3) is 0 Å². The van der Waals surface area contributed by atoms with Crippen molar-refractivity contribution < 1.29 is 4.79 Å². The predicted molar refractivity (Wildman–Crippen MR) is 69.5 cm³/mol. The van der Waals surface area contributed by atoms with E-state index in [4.69, 9.17) is 0 Å². The van der Waals surface area contributed by atoms with Crippen LogP contribution in [0.2, 0.25) is 0 Å². The van der Waals surface area contributed by atoms with Crippen LogP contribution in [-0.4, -0.2) is 5.78 Å². The highest BCUT2D eigenvalue weighted by atomic mass is 16.1. The summed E-state index contributed by atoms with van der Waals surface area (Å²) in [7, 11) is 0. The second-order valence-electron chi connectivity index (χ2n) is 5.60. The molecule has 1 rings (SSSR count). The van der Waals surface area contributed by atoms with E-state index in [9.17, 15) is 4.79 Å². The van der Waals surface area contributed by atoms with Crippen molar-refractivity contribution in [2.75, 3.05) is 0 Å². The Morgan fingerprint density at radius 1 is 1.12 bits per heavy atom. The van der Waals surface area contributed by atoms with E-state index >= 15 is 0 Å². The van der Waals surface area contributed by atoms with Gasteiger partial charge in [-0.3, -0.25) is 4.79 Å². The summed E-state index contributed by atoms with van der Waals surface area (Å²) in [5.41, 5.74) is 0. The van der Waals surface area contributed by atoms with Crippen molar-refractivity contribution in [2.24, 2.45) is 11.8 Å². The second kappa shape index (κ2) is 7.86. The average molecular weight is 224 g/mol. The molecule has 1 nitrogen and oxygen atoms in total. The summed E-state index contributed by atoms with van der Waals surface area (Å²) in [6.07, 6.45) is 12.3. The summed E-state index contributed by atoms with van der Waals surface area (Å²) in [6.45, 7) is 4.54. The molecule has 0 saturated heterocycles. The molecular weight excluding hydrogens is 196 g/mol. The van der Waals surface area contributed by atoms with E-state index in [1.54, 1.807) is 0 Å². The minimum absolute atomic E-state index is 0.412. The van der Waals surface area contributed by atoms with Crippen LogP contribution in [0.3, 0.4) is 0 Å². The van der Waals surface area contributed by atoms with E-state index in [1.165, 1.54) is 38.5 Å². The molecule has 1 fully saturated rings. The van der Waals surface area contributed by atoms with Crippen LogP contribution in [0.15, 0.2) is 0 Å². The molecule has 0 amide bonds. The van der Waals surface area contributed by atoms with Crippen molar-refractivity contribution in [1.29, 1.82) is 0 Å². The molecule has 1 aliphatic carbocycles. The van der Waals surface area contributed by atoms with E-state index in [-0.39, 0.29) is 0 Å². The summed E-state index contributed by atoms with van der Waals surface area (Å²) in [6, 6.07) is 0. The molecule has 0 aromatic carbocycles. The lowest BCUT2D eigenvalue weighted by molar-refractivity contribution is -0.125. The van der Waals surface area contributed by atoms with Crippen LogP contribution in [0, 0.1) is 11.8 Å². The minimum Gasteiger partial charge on any atom is -0.299 e. The van der Waals surface area contributed by atoms with Gasteiger partial charge in [-0.15, -0.1) is 0 Å². The van der Waals surface area contributed by atoms with Gasteiger partial charge in [0.25, 0.3) is 0 Å². The zero-order chi connectivity index (χ0) is 11.8. The Balaban J connectivity index is 2.05. The Kier molecular flexibility index (Phi) is 6.75. The monoisotopic (exact) mass is 224 g/mol. The molecule has 0 heterocycles. The third-order valence-electron chi connectivity index (χ3n) is 3.93. The standard InChI is InChI=1S/C15H28O/c1-3-4-5-6-7-8-9-14-12-13(2)10-11-15(14)16/h13-14H,3-12H2,1-2H3/t13-,14+/m0/s1. The van der Waals surface area contributed by atoms with Crippen LogP contribution >= 0.6 is 0 Å². The number of carbonyl (C=O) groups is 1. The number of hydrogen-bond acceptors (Lipinski definition) is 1. The lowest BCUT2D eigenvalue weighted by atomic mass is 9.79. The van der Waals surface area contributed by atoms with Gasteiger partial charge in [0.05, 0.1) is 0 Å². The predicted octanol–water partition coefficient (Wildman–Crippen LogP) is 4.74. The fourth-order valence-corrected chi connectivity index (χ4v) is 2.78. The molecule has 0 radical (unpaired) electrons. The number of carbonyl (C=O) groups excluding carboxylic acids is 1. The fraction of sp³-hybridized carbons (Fsp3) is 0.933. The molecule has 2 atom stereocenters. The van der Waals surface area contributed by atoms with Gasteiger partial charge in [0, 0.05) is 12.3 Å². The third kappa shape index (κ3) is 5.14. The second-order valence-corrected chi connectivity index (χ2v) is 5.60. The van der Waals surface area contributed by atoms with Crippen molar-refractivity contribution in [3.63, 3.8) is 0 Å². The number of Topliss-reactive ketones (excluding diaryl/α,β-unsaturated/α-hetero) is 1. The Hall–Kier alpha value is -0.330. The molecule has 0 aromatic rings. The van der Waals surface area contributed by atoms with Gasteiger partial charge in [-0.2, -0.15) is 0 Å². The summed E-state index contributed by atoms with van der Waals surface area (Å²) < 4.78 is 0. The summed E-state index contributed by atoms with van der Waals surface area (Å²) >= 11 is 0. The Labute approximate surface area is 101 Å². The van der Waals surface area contributed by atoms with Crippen LogP contribution < -0.4 is 0 Å². The molecule has 0 spiro atoms. The maximum Gasteiger partial charge on any atom is 0.135 e. The highest BCUT2D eigenvalue weighted by Gasteiger charge is 2.25.